The number of halogens is 4. The van der Waals surface area contributed by atoms with Gasteiger partial charge in [0.25, 0.3) is 0 Å². The van der Waals surface area contributed by atoms with E-state index in [2.05, 4.69) is 35.9 Å². The maximum Gasteiger partial charge on any atom is 0.389 e. The second-order valence-corrected chi connectivity index (χ2v) is 5.67. The number of hydrogen-bond donors (Lipinski definition) is 2. The first-order valence-corrected chi connectivity index (χ1v) is 7.50. The quantitative estimate of drug-likeness (QED) is 0.352. The number of unbranched alkanes of at least 4 members (excludes halogenated alkanes) is 1. The summed E-state index contributed by atoms with van der Waals surface area (Å²) in [5.41, 5.74) is 5.52. The number of H-pyrrole nitrogens is 1. The second kappa shape index (κ2) is 6.69. The monoisotopic (exact) mass is 394 g/mol. The third-order valence-corrected chi connectivity index (χ3v) is 3.32. The van der Waals surface area contributed by atoms with E-state index in [0.717, 1.165) is 0 Å². The Kier molecular flexibility index (Phi) is 5.07. The predicted molar refractivity (Wildman–Crippen MR) is 82.7 cm³/mol. The fourth-order valence-electron chi connectivity index (χ4n) is 2.03. The maximum absolute atomic E-state index is 12.2. The van der Waals surface area contributed by atoms with E-state index < -0.39 is 18.3 Å². The van der Waals surface area contributed by atoms with Crippen molar-refractivity contribution in [1.29, 1.82) is 0 Å². The van der Waals surface area contributed by atoms with E-state index >= 15 is 0 Å². The third-order valence-electron chi connectivity index (χ3n) is 2.94. The van der Waals surface area contributed by atoms with Crippen molar-refractivity contribution in [2.45, 2.75) is 38.9 Å². The highest BCUT2D eigenvalue weighted by Gasteiger charge is 2.26. The Balaban J connectivity index is 2.32. The number of fused-ring (bicyclic) bond motifs is 1. The van der Waals surface area contributed by atoms with Gasteiger partial charge in [0.2, 0.25) is 0 Å². The highest BCUT2D eigenvalue weighted by molar-refractivity contribution is 9.10. The molecule has 0 aliphatic rings. The molecule has 0 radical (unpaired) electrons. The number of amidine groups is 1. The molecule has 0 saturated carbocycles. The zero-order chi connectivity index (χ0) is 17.2. The van der Waals surface area contributed by atoms with E-state index in [0.29, 0.717) is 10.3 Å². The lowest BCUT2D eigenvalue weighted by molar-refractivity contribution is -0.135. The Morgan fingerprint density at radius 1 is 1.39 bits per heavy atom. The molecule has 2 aromatic heterocycles. The minimum atomic E-state index is -4.20. The molecule has 7 nitrogen and oxygen atoms in total. The molecule has 23 heavy (non-hydrogen) atoms. The van der Waals surface area contributed by atoms with E-state index in [1.807, 2.05) is 0 Å². The van der Waals surface area contributed by atoms with E-state index in [4.69, 9.17) is 5.73 Å². The summed E-state index contributed by atoms with van der Waals surface area (Å²) >= 11 is 3.15. The van der Waals surface area contributed by atoms with Crippen molar-refractivity contribution in [3.8, 4) is 0 Å². The average molecular weight is 395 g/mol. The fourth-order valence-corrected chi connectivity index (χ4v) is 2.40. The van der Waals surface area contributed by atoms with Crippen LogP contribution in [0, 0.1) is 0 Å². The zero-order valence-corrected chi connectivity index (χ0v) is 13.7. The van der Waals surface area contributed by atoms with Gasteiger partial charge in [-0.05, 0) is 35.7 Å². The summed E-state index contributed by atoms with van der Waals surface area (Å²) in [6, 6.07) is 0. The lowest BCUT2D eigenvalue weighted by Crippen LogP contribution is -2.24. The molecule has 0 saturated heterocycles. The normalized spacial score (nSPS) is 13.0. The van der Waals surface area contributed by atoms with Crippen LogP contribution in [-0.4, -0.2) is 31.5 Å². The molecular formula is C12H14BrF3N6O. The number of aromatic nitrogens is 4. The van der Waals surface area contributed by atoms with Crippen LogP contribution < -0.4 is 11.4 Å². The van der Waals surface area contributed by atoms with Crippen LogP contribution in [0.1, 0.15) is 26.2 Å². The zero-order valence-electron chi connectivity index (χ0n) is 12.1. The Labute approximate surface area is 137 Å². The highest BCUT2D eigenvalue weighted by atomic mass is 79.9. The van der Waals surface area contributed by atoms with Crippen LogP contribution in [0.3, 0.4) is 0 Å². The Hall–Kier alpha value is -1.91. The molecule has 0 spiro atoms. The molecular weight excluding hydrogens is 381 g/mol. The van der Waals surface area contributed by atoms with E-state index in [-0.39, 0.29) is 36.7 Å². The first-order valence-electron chi connectivity index (χ1n) is 6.71. The molecule has 3 N–H and O–H groups in total. The van der Waals surface area contributed by atoms with Gasteiger partial charge in [0.1, 0.15) is 5.52 Å². The van der Waals surface area contributed by atoms with Crippen LogP contribution in [0.4, 0.5) is 19.0 Å². The lowest BCUT2D eigenvalue weighted by Gasteiger charge is -2.08. The molecule has 0 aliphatic heterocycles. The molecule has 0 fully saturated rings. The molecule has 2 heterocycles. The van der Waals surface area contributed by atoms with E-state index in [9.17, 15) is 18.0 Å². The number of hydrogen-bond acceptors (Lipinski definition) is 4. The number of aryl methyl sites for hydroxylation is 1. The molecule has 0 amide bonds. The topological polar surface area (TPSA) is 102 Å². The molecule has 2 rings (SSSR count). The summed E-state index contributed by atoms with van der Waals surface area (Å²) < 4.78 is 38.1. The summed E-state index contributed by atoms with van der Waals surface area (Å²) in [5.74, 6) is 0.307. The lowest BCUT2D eigenvalue weighted by atomic mass is 10.2. The molecule has 11 heteroatoms. The van der Waals surface area contributed by atoms with Gasteiger partial charge in [-0.15, -0.1) is 0 Å². The largest absolute Gasteiger partial charge is 0.389 e. The first-order chi connectivity index (χ1) is 10.7. The molecule has 0 unspecified atom stereocenters. The van der Waals surface area contributed by atoms with Crippen LogP contribution in [-0.2, 0) is 6.54 Å². The summed E-state index contributed by atoms with van der Waals surface area (Å²) in [6.07, 6.45) is -4.99. The fraction of sp³-hybridized carbons (Fsp3) is 0.500. The number of aromatic amines is 1. The molecule has 0 aromatic carbocycles. The number of alkyl halides is 3. The van der Waals surface area contributed by atoms with Crippen molar-refractivity contribution in [1.82, 2.24) is 19.5 Å². The van der Waals surface area contributed by atoms with E-state index in [1.54, 1.807) is 6.92 Å². The Morgan fingerprint density at radius 3 is 2.70 bits per heavy atom. The third kappa shape index (κ3) is 4.53. The van der Waals surface area contributed by atoms with Gasteiger partial charge in [0, 0.05) is 13.0 Å². The van der Waals surface area contributed by atoms with Crippen molar-refractivity contribution < 1.29 is 13.2 Å². The van der Waals surface area contributed by atoms with Crippen molar-refractivity contribution in [2.75, 3.05) is 0 Å². The van der Waals surface area contributed by atoms with E-state index in [1.165, 1.54) is 4.57 Å². The SMILES string of the molecule is CC(N)=Nc1nc(=O)n(CCCCC(F)(F)F)c2nc(Br)[nH]c12. The molecule has 126 valence electrons. The second-order valence-electron chi connectivity index (χ2n) is 4.92. The molecule has 2 aromatic rings. The number of nitrogens with one attached hydrogen (secondary N) is 1. The van der Waals surface area contributed by atoms with Crippen molar-refractivity contribution in [2.24, 2.45) is 10.7 Å². The van der Waals surface area contributed by atoms with Crippen LogP contribution in [0.5, 0.6) is 0 Å². The standard InChI is InChI=1S/C12H14BrF3N6O/c1-6(17)18-8-7-9(21-10(13)19-7)22(11(23)20-8)5-3-2-4-12(14,15)16/h2-5H2,1H3,(H,19,21)(H2,17,18,20,23). The number of aliphatic imine (C=N–C) groups is 1. The van der Waals surface area contributed by atoms with Gasteiger partial charge in [0.15, 0.2) is 16.2 Å². The number of nitrogens with zero attached hydrogens (tertiary/aromatic N) is 4. The maximum atomic E-state index is 12.2. The number of rotatable bonds is 5. The predicted octanol–water partition coefficient (Wildman–Crippen LogP) is 2.62. The van der Waals surface area contributed by atoms with Gasteiger partial charge in [0.05, 0.1) is 5.84 Å². The average Bonchev–Trinajstić information content (AvgIpc) is 2.77. The van der Waals surface area contributed by atoms with Gasteiger partial charge in [-0.3, -0.25) is 4.57 Å². The Morgan fingerprint density at radius 2 is 2.09 bits per heavy atom. The van der Waals surface area contributed by atoms with Crippen LogP contribution in [0.15, 0.2) is 14.5 Å². The molecule has 0 atom stereocenters. The van der Waals surface area contributed by atoms with Gasteiger partial charge >= 0.3 is 11.9 Å². The first kappa shape index (κ1) is 17.4. The van der Waals surface area contributed by atoms with Gasteiger partial charge < -0.3 is 10.7 Å². The summed E-state index contributed by atoms with van der Waals surface area (Å²) in [5, 5.41) is 0. The van der Waals surface area contributed by atoms with Crippen LogP contribution >= 0.6 is 15.9 Å². The van der Waals surface area contributed by atoms with Crippen LogP contribution in [0.25, 0.3) is 11.2 Å². The van der Waals surface area contributed by atoms with Gasteiger partial charge in [-0.25, -0.2) is 14.8 Å². The summed E-state index contributed by atoms with van der Waals surface area (Å²) in [4.78, 5) is 26.8. The highest BCUT2D eigenvalue weighted by Crippen LogP contribution is 2.24. The summed E-state index contributed by atoms with van der Waals surface area (Å²) in [7, 11) is 0. The van der Waals surface area contributed by atoms with Gasteiger partial charge in [-0.2, -0.15) is 18.2 Å². The van der Waals surface area contributed by atoms with Gasteiger partial charge in [-0.1, -0.05) is 0 Å². The Bertz CT molecular complexity index is 790. The van der Waals surface area contributed by atoms with Crippen LogP contribution in [0.2, 0.25) is 0 Å². The molecule has 0 aliphatic carbocycles. The summed E-state index contributed by atoms with van der Waals surface area (Å²) in [6.45, 7) is 1.63. The number of nitrogens with two attached hydrogens (primary N) is 1. The minimum absolute atomic E-state index is 0.0785. The van der Waals surface area contributed by atoms with Crippen molar-refractivity contribution in [3.05, 3.63) is 15.2 Å². The minimum Gasteiger partial charge on any atom is -0.387 e. The smallest absolute Gasteiger partial charge is 0.387 e. The molecule has 0 bridgehead atoms. The van der Waals surface area contributed by atoms with Crippen molar-refractivity contribution in [3.63, 3.8) is 0 Å². The number of imidazole rings is 1. The van der Waals surface area contributed by atoms with Crippen molar-refractivity contribution >= 4 is 38.7 Å².